The van der Waals surface area contributed by atoms with Gasteiger partial charge in [0.1, 0.15) is 10.8 Å². The Kier molecular flexibility index (Phi) is 3.68. The van der Waals surface area contributed by atoms with Crippen LogP contribution in [0.15, 0.2) is 18.2 Å². The number of likely N-dealkylation sites (tertiary alicyclic amines) is 1. The first-order valence-electron chi connectivity index (χ1n) is 6.61. The topological polar surface area (TPSA) is 37.4 Å². The maximum absolute atomic E-state index is 5.25. The summed E-state index contributed by atoms with van der Waals surface area (Å²) in [5, 5.41) is 4.54. The van der Waals surface area contributed by atoms with E-state index >= 15 is 0 Å². The highest BCUT2D eigenvalue weighted by Gasteiger charge is 2.21. The van der Waals surface area contributed by atoms with Gasteiger partial charge in [0.05, 0.1) is 23.9 Å². The van der Waals surface area contributed by atoms with E-state index < -0.39 is 0 Å². The Balaban J connectivity index is 1.75. The van der Waals surface area contributed by atoms with Crippen LogP contribution in [0.1, 0.15) is 11.4 Å². The van der Waals surface area contributed by atoms with Crippen molar-refractivity contribution in [3.8, 4) is 5.75 Å². The van der Waals surface area contributed by atoms with Gasteiger partial charge in [-0.3, -0.25) is 4.90 Å². The quantitative estimate of drug-likeness (QED) is 0.928. The zero-order valence-corrected chi connectivity index (χ0v) is 12.2. The predicted molar refractivity (Wildman–Crippen MR) is 78.9 cm³/mol. The Labute approximate surface area is 117 Å². The average molecular weight is 277 g/mol. The number of nitrogens with one attached hydrogen (secondary N) is 1. The molecule has 0 aliphatic carbocycles. The van der Waals surface area contributed by atoms with Crippen LogP contribution in [0.2, 0.25) is 0 Å². The lowest BCUT2D eigenvalue weighted by atomic mass is 10.3. The van der Waals surface area contributed by atoms with Crippen molar-refractivity contribution in [2.24, 2.45) is 0 Å². The van der Waals surface area contributed by atoms with E-state index in [-0.39, 0.29) is 0 Å². The Morgan fingerprint density at radius 2 is 2.42 bits per heavy atom. The van der Waals surface area contributed by atoms with Gasteiger partial charge in [0.15, 0.2) is 0 Å². The molecule has 0 radical (unpaired) electrons. The van der Waals surface area contributed by atoms with Crippen LogP contribution >= 0.6 is 11.3 Å². The normalized spacial score (nSPS) is 20.2. The van der Waals surface area contributed by atoms with Gasteiger partial charge < -0.3 is 10.1 Å². The maximum atomic E-state index is 5.25. The molecular formula is C14H19N3OS. The maximum Gasteiger partial charge on any atom is 0.120 e. The van der Waals surface area contributed by atoms with Crippen molar-refractivity contribution in [1.82, 2.24) is 15.2 Å². The molecule has 0 amide bonds. The molecule has 5 heteroatoms. The van der Waals surface area contributed by atoms with Gasteiger partial charge in [0.25, 0.3) is 0 Å². The highest BCUT2D eigenvalue weighted by molar-refractivity contribution is 7.18. The highest BCUT2D eigenvalue weighted by Crippen LogP contribution is 2.27. The van der Waals surface area contributed by atoms with Gasteiger partial charge in [-0.25, -0.2) is 4.98 Å². The van der Waals surface area contributed by atoms with Crippen molar-refractivity contribution in [3.63, 3.8) is 0 Å². The molecule has 1 aliphatic rings. The summed E-state index contributed by atoms with van der Waals surface area (Å²) in [4.78, 5) is 7.17. The van der Waals surface area contributed by atoms with Gasteiger partial charge >= 0.3 is 0 Å². The largest absolute Gasteiger partial charge is 0.497 e. The van der Waals surface area contributed by atoms with Gasteiger partial charge in [-0.05, 0) is 31.7 Å². The third-order valence-corrected chi connectivity index (χ3v) is 4.68. The number of fused-ring (bicyclic) bond motifs is 1. The lowest BCUT2D eigenvalue weighted by Crippen LogP contribution is -2.29. The van der Waals surface area contributed by atoms with Crippen molar-refractivity contribution in [3.05, 3.63) is 23.2 Å². The van der Waals surface area contributed by atoms with Crippen LogP contribution in [-0.4, -0.2) is 43.2 Å². The molecule has 0 spiro atoms. The number of rotatable bonds is 4. The summed E-state index contributed by atoms with van der Waals surface area (Å²) in [5.41, 5.74) is 1.07. The highest BCUT2D eigenvalue weighted by atomic mass is 32.1. The molecule has 1 aromatic carbocycles. The summed E-state index contributed by atoms with van der Waals surface area (Å²) in [6, 6.07) is 6.71. The van der Waals surface area contributed by atoms with E-state index in [0.29, 0.717) is 6.04 Å². The number of likely N-dealkylation sites (N-methyl/N-ethyl adjacent to an activating group) is 1. The number of hydrogen-bond donors (Lipinski definition) is 1. The molecule has 1 fully saturated rings. The zero-order chi connectivity index (χ0) is 13.2. The molecule has 1 saturated heterocycles. The lowest BCUT2D eigenvalue weighted by Gasteiger charge is -2.13. The van der Waals surface area contributed by atoms with Crippen LogP contribution in [0.3, 0.4) is 0 Å². The number of thiazole rings is 1. The molecular weight excluding hydrogens is 258 g/mol. The van der Waals surface area contributed by atoms with Gasteiger partial charge in [-0.15, -0.1) is 11.3 Å². The first-order valence-corrected chi connectivity index (χ1v) is 7.43. The summed E-state index contributed by atoms with van der Waals surface area (Å²) >= 11 is 1.77. The Hall–Kier alpha value is -1.17. The standard InChI is InChI=1S/C14H19N3OS/c1-15-10-5-6-17(8-10)9-14-16-12-4-3-11(18-2)7-13(12)19-14/h3-4,7,10,15H,5-6,8-9H2,1-2H3. The minimum Gasteiger partial charge on any atom is -0.497 e. The fourth-order valence-electron chi connectivity index (χ4n) is 2.55. The van der Waals surface area contributed by atoms with Crippen LogP contribution in [-0.2, 0) is 6.54 Å². The van der Waals surface area contributed by atoms with Crippen LogP contribution in [0.5, 0.6) is 5.75 Å². The number of hydrogen-bond acceptors (Lipinski definition) is 5. The summed E-state index contributed by atoms with van der Waals surface area (Å²) < 4.78 is 6.46. The minimum atomic E-state index is 0.634. The molecule has 19 heavy (non-hydrogen) atoms. The molecule has 4 nitrogen and oxygen atoms in total. The lowest BCUT2D eigenvalue weighted by molar-refractivity contribution is 0.322. The monoisotopic (exact) mass is 277 g/mol. The third kappa shape index (κ3) is 2.73. The molecule has 2 aromatic rings. The molecule has 1 atom stereocenters. The number of aromatic nitrogens is 1. The SMILES string of the molecule is CNC1CCN(Cc2nc3ccc(OC)cc3s2)C1. The second kappa shape index (κ2) is 5.45. The Morgan fingerprint density at radius 1 is 1.53 bits per heavy atom. The number of benzene rings is 1. The molecule has 1 unspecified atom stereocenters. The van der Waals surface area contributed by atoms with Crippen LogP contribution in [0.25, 0.3) is 10.2 Å². The van der Waals surface area contributed by atoms with Crippen LogP contribution < -0.4 is 10.1 Å². The van der Waals surface area contributed by atoms with Crippen LogP contribution in [0, 0.1) is 0 Å². The summed E-state index contributed by atoms with van der Waals surface area (Å²) in [7, 11) is 3.74. The number of ether oxygens (including phenoxy) is 1. The molecule has 3 rings (SSSR count). The smallest absolute Gasteiger partial charge is 0.120 e. The molecule has 0 bridgehead atoms. The van der Waals surface area contributed by atoms with Crippen molar-refractivity contribution in [2.45, 2.75) is 19.0 Å². The van der Waals surface area contributed by atoms with E-state index in [1.807, 2.05) is 19.2 Å². The third-order valence-electron chi connectivity index (χ3n) is 3.68. The van der Waals surface area contributed by atoms with Gasteiger partial charge in [-0.1, -0.05) is 0 Å². The molecule has 1 N–H and O–H groups in total. The van der Waals surface area contributed by atoms with Crippen molar-refractivity contribution in [2.75, 3.05) is 27.2 Å². The second-order valence-electron chi connectivity index (χ2n) is 4.95. The number of nitrogens with zero attached hydrogens (tertiary/aromatic N) is 2. The van der Waals surface area contributed by atoms with E-state index in [1.54, 1.807) is 18.4 Å². The first kappa shape index (κ1) is 12.8. The van der Waals surface area contributed by atoms with E-state index in [4.69, 9.17) is 9.72 Å². The van der Waals surface area contributed by atoms with Gasteiger partial charge in [0.2, 0.25) is 0 Å². The van der Waals surface area contributed by atoms with Crippen molar-refractivity contribution >= 4 is 21.6 Å². The zero-order valence-electron chi connectivity index (χ0n) is 11.3. The van der Waals surface area contributed by atoms with Gasteiger partial charge in [0, 0.05) is 19.1 Å². The van der Waals surface area contributed by atoms with Crippen LogP contribution in [0.4, 0.5) is 0 Å². The molecule has 1 aromatic heterocycles. The van der Waals surface area contributed by atoms with E-state index in [1.165, 1.54) is 16.1 Å². The average Bonchev–Trinajstić information content (AvgIpc) is 3.03. The van der Waals surface area contributed by atoms with E-state index in [2.05, 4.69) is 16.3 Å². The minimum absolute atomic E-state index is 0.634. The molecule has 0 saturated carbocycles. The summed E-state index contributed by atoms with van der Waals surface area (Å²) in [5.74, 6) is 0.902. The number of methoxy groups -OCH3 is 1. The molecule has 102 valence electrons. The first-order chi connectivity index (χ1) is 9.28. The fraction of sp³-hybridized carbons (Fsp3) is 0.500. The van der Waals surface area contributed by atoms with Gasteiger partial charge in [-0.2, -0.15) is 0 Å². The predicted octanol–water partition coefficient (Wildman–Crippen LogP) is 2.10. The Morgan fingerprint density at radius 3 is 3.16 bits per heavy atom. The second-order valence-corrected chi connectivity index (χ2v) is 6.07. The molecule has 2 heterocycles. The van der Waals surface area contributed by atoms with E-state index in [9.17, 15) is 0 Å². The Bertz CT molecular complexity index is 569. The fourth-order valence-corrected chi connectivity index (χ4v) is 3.59. The summed E-state index contributed by atoms with van der Waals surface area (Å²) in [6.07, 6.45) is 1.23. The van der Waals surface area contributed by atoms with Crippen molar-refractivity contribution < 1.29 is 4.74 Å². The van der Waals surface area contributed by atoms with E-state index in [0.717, 1.165) is 30.9 Å². The van der Waals surface area contributed by atoms with Crippen molar-refractivity contribution in [1.29, 1.82) is 0 Å². The molecule has 1 aliphatic heterocycles. The summed E-state index contributed by atoms with van der Waals surface area (Å²) in [6.45, 7) is 3.24.